The van der Waals surface area contributed by atoms with E-state index in [1.54, 1.807) is 25.3 Å². The van der Waals surface area contributed by atoms with E-state index in [9.17, 15) is 4.79 Å². The first-order valence-corrected chi connectivity index (χ1v) is 9.94. The summed E-state index contributed by atoms with van der Waals surface area (Å²) in [7, 11) is 1.58. The number of nitrogens with zero attached hydrogens (tertiary/aromatic N) is 1. The van der Waals surface area contributed by atoms with Gasteiger partial charge in [0.1, 0.15) is 6.61 Å². The molecule has 150 valence electrons. The molecule has 0 bridgehead atoms. The van der Waals surface area contributed by atoms with Crippen LogP contribution in [0.25, 0.3) is 0 Å². The van der Waals surface area contributed by atoms with Crippen LogP contribution >= 0.6 is 11.6 Å². The zero-order valence-corrected chi connectivity index (χ0v) is 17.1. The van der Waals surface area contributed by atoms with Crippen LogP contribution in [0, 0.1) is 0 Å². The Labute approximate surface area is 171 Å². The average molecular weight is 404 g/mol. The molecule has 1 aliphatic heterocycles. The summed E-state index contributed by atoms with van der Waals surface area (Å²) in [6.45, 7) is 4.53. The van der Waals surface area contributed by atoms with Crippen molar-refractivity contribution in [2.45, 2.75) is 32.5 Å². The number of rotatable bonds is 7. The molecule has 1 heterocycles. The maximum atomic E-state index is 12.8. The van der Waals surface area contributed by atoms with Gasteiger partial charge in [-0.05, 0) is 55.7 Å². The molecule has 1 saturated heterocycles. The summed E-state index contributed by atoms with van der Waals surface area (Å²) in [6, 6.07) is 12.8. The molecule has 2 aromatic carbocycles. The van der Waals surface area contributed by atoms with E-state index < -0.39 is 0 Å². The van der Waals surface area contributed by atoms with Gasteiger partial charge in [-0.2, -0.15) is 0 Å². The molecule has 2 aromatic rings. The molecular weight excluding hydrogens is 378 g/mol. The van der Waals surface area contributed by atoms with E-state index in [1.165, 1.54) is 0 Å². The Morgan fingerprint density at radius 3 is 2.46 bits per heavy atom. The fourth-order valence-corrected chi connectivity index (χ4v) is 3.43. The maximum Gasteiger partial charge on any atom is 0.253 e. The van der Waals surface area contributed by atoms with E-state index in [4.69, 9.17) is 25.8 Å². The number of amides is 1. The van der Waals surface area contributed by atoms with E-state index in [0.717, 1.165) is 18.4 Å². The van der Waals surface area contributed by atoms with E-state index >= 15 is 0 Å². The third-order valence-electron chi connectivity index (χ3n) is 4.85. The standard InChI is InChI=1S/C22H26ClNO4/c1-3-27-19-10-12-24(13-11-19)22(25)17-6-9-20(21(14-17)26-2)28-15-16-4-7-18(23)8-5-16/h4-9,14,19H,3,10-13,15H2,1-2H3. The topological polar surface area (TPSA) is 48.0 Å². The molecule has 0 radical (unpaired) electrons. The molecule has 0 atom stereocenters. The second-order valence-corrected chi connectivity index (χ2v) is 7.16. The van der Waals surface area contributed by atoms with Gasteiger partial charge in [-0.15, -0.1) is 0 Å². The molecule has 1 fully saturated rings. The zero-order chi connectivity index (χ0) is 19.9. The third-order valence-corrected chi connectivity index (χ3v) is 5.10. The Bertz CT molecular complexity index is 786. The molecule has 0 unspecified atom stereocenters. The molecular formula is C22H26ClNO4. The largest absolute Gasteiger partial charge is 0.493 e. The van der Waals surface area contributed by atoms with Gasteiger partial charge in [-0.25, -0.2) is 0 Å². The first-order valence-electron chi connectivity index (χ1n) is 9.57. The van der Waals surface area contributed by atoms with E-state index in [-0.39, 0.29) is 12.0 Å². The van der Waals surface area contributed by atoms with Crippen LogP contribution in [0.4, 0.5) is 0 Å². The normalized spacial score (nSPS) is 14.8. The van der Waals surface area contributed by atoms with Gasteiger partial charge in [0.15, 0.2) is 11.5 Å². The molecule has 0 N–H and O–H groups in total. The van der Waals surface area contributed by atoms with Gasteiger partial charge in [-0.3, -0.25) is 4.79 Å². The third kappa shape index (κ3) is 5.18. The highest BCUT2D eigenvalue weighted by atomic mass is 35.5. The van der Waals surface area contributed by atoms with Gasteiger partial charge in [0.2, 0.25) is 0 Å². The van der Waals surface area contributed by atoms with E-state index in [0.29, 0.717) is 48.4 Å². The molecule has 0 aliphatic carbocycles. The van der Waals surface area contributed by atoms with Crippen LogP contribution < -0.4 is 9.47 Å². The zero-order valence-electron chi connectivity index (χ0n) is 16.3. The lowest BCUT2D eigenvalue weighted by molar-refractivity contribution is 0.0146. The smallest absolute Gasteiger partial charge is 0.253 e. The quantitative estimate of drug-likeness (QED) is 0.679. The molecule has 0 saturated carbocycles. The predicted molar refractivity (Wildman–Crippen MR) is 109 cm³/mol. The van der Waals surface area contributed by atoms with Crippen LogP contribution in [-0.2, 0) is 11.3 Å². The number of carbonyl (C=O) groups excluding carboxylic acids is 1. The van der Waals surface area contributed by atoms with E-state index in [2.05, 4.69) is 0 Å². The molecule has 1 amide bonds. The second-order valence-electron chi connectivity index (χ2n) is 6.73. The minimum absolute atomic E-state index is 0.0116. The number of piperidine rings is 1. The number of halogens is 1. The van der Waals surface area contributed by atoms with Crippen LogP contribution in [-0.4, -0.2) is 43.7 Å². The van der Waals surface area contributed by atoms with Crippen LogP contribution in [0.2, 0.25) is 5.02 Å². The molecule has 28 heavy (non-hydrogen) atoms. The SMILES string of the molecule is CCOC1CCN(C(=O)c2ccc(OCc3ccc(Cl)cc3)c(OC)c2)CC1. The van der Waals surface area contributed by atoms with Crippen LogP contribution in [0.1, 0.15) is 35.7 Å². The van der Waals surface area contributed by atoms with Crippen molar-refractivity contribution < 1.29 is 19.0 Å². The minimum Gasteiger partial charge on any atom is -0.493 e. The summed E-state index contributed by atoms with van der Waals surface area (Å²) in [5, 5.41) is 0.689. The molecule has 0 aromatic heterocycles. The summed E-state index contributed by atoms with van der Waals surface area (Å²) in [6.07, 6.45) is 2.00. The van der Waals surface area contributed by atoms with Crippen molar-refractivity contribution in [2.75, 3.05) is 26.8 Å². The summed E-state index contributed by atoms with van der Waals surface area (Å²) in [4.78, 5) is 14.7. The highest BCUT2D eigenvalue weighted by molar-refractivity contribution is 6.30. The summed E-state index contributed by atoms with van der Waals surface area (Å²) in [5.74, 6) is 1.16. The molecule has 5 nitrogen and oxygen atoms in total. The number of methoxy groups -OCH3 is 1. The van der Waals surface area contributed by atoms with Crippen molar-refractivity contribution in [2.24, 2.45) is 0 Å². The number of hydrogen-bond acceptors (Lipinski definition) is 4. The number of hydrogen-bond donors (Lipinski definition) is 0. The van der Waals surface area contributed by atoms with Gasteiger partial charge >= 0.3 is 0 Å². The van der Waals surface area contributed by atoms with Crippen molar-refractivity contribution in [1.29, 1.82) is 0 Å². The Morgan fingerprint density at radius 2 is 1.82 bits per heavy atom. The Morgan fingerprint density at radius 1 is 1.11 bits per heavy atom. The van der Waals surface area contributed by atoms with Crippen molar-refractivity contribution in [3.63, 3.8) is 0 Å². The van der Waals surface area contributed by atoms with Crippen LogP contribution in [0.15, 0.2) is 42.5 Å². The molecule has 0 spiro atoms. The van der Waals surface area contributed by atoms with Crippen molar-refractivity contribution in [1.82, 2.24) is 4.90 Å². The van der Waals surface area contributed by atoms with Gasteiger partial charge in [0.05, 0.1) is 13.2 Å². The van der Waals surface area contributed by atoms with Crippen molar-refractivity contribution in [3.05, 3.63) is 58.6 Å². The minimum atomic E-state index is 0.0116. The number of likely N-dealkylation sites (tertiary alicyclic amines) is 1. The summed E-state index contributed by atoms with van der Waals surface area (Å²) in [5.41, 5.74) is 1.61. The number of ether oxygens (including phenoxy) is 3. The van der Waals surface area contributed by atoms with Crippen LogP contribution in [0.3, 0.4) is 0 Å². The Balaban J connectivity index is 1.63. The lowest BCUT2D eigenvalue weighted by atomic mass is 10.1. The lowest BCUT2D eigenvalue weighted by Gasteiger charge is -2.32. The van der Waals surface area contributed by atoms with Gasteiger partial charge in [-0.1, -0.05) is 23.7 Å². The molecule has 1 aliphatic rings. The predicted octanol–water partition coefficient (Wildman–Crippen LogP) is 4.57. The highest BCUT2D eigenvalue weighted by Crippen LogP contribution is 2.30. The number of benzene rings is 2. The molecule has 3 rings (SSSR count). The van der Waals surface area contributed by atoms with Crippen molar-refractivity contribution >= 4 is 17.5 Å². The molecule has 6 heteroatoms. The average Bonchev–Trinajstić information content (AvgIpc) is 2.73. The van der Waals surface area contributed by atoms with Crippen LogP contribution in [0.5, 0.6) is 11.5 Å². The van der Waals surface area contributed by atoms with Gasteiger partial charge in [0.25, 0.3) is 5.91 Å². The fourth-order valence-electron chi connectivity index (χ4n) is 3.31. The number of carbonyl (C=O) groups is 1. The first-order chi connectivity index (χ1) is 13.6. The monoisotopic (exact) mass is 403 g/mol. The van der Waals surface area contributed by atoms with E-state index in [1.807, 2.05) is 36.1 Å². The fraction of sp³-hybridized carbons (Fsp3) is 0.409. The van der Waals surface area contributed by atoms with Gasteiger partial charge in [0, 0.05) is 30.3 Å². The highest BCUT2D eigenvalue weighted by Gasteiger charge is 2.24. The Kier molecular flexibility index (Phi) is 7.18. The summed E-state index contributed by atoms with van der Waals surface area (Å²) >= 11 is 5.91. The first kappa shape index (κ1) is 20.5. The maximum absolute atomic E-state index is 12.8. The summed E-state index contributed by atoms with van der Waals surface area (Å²) < 4.78 is 17.0. The Hall–Kier alpha value is -2.24. The second kappa shape index (κ2) is 9.80. The lowest BCUT2D eigenvalue weighted by Crippen LogP contribution is -2.40. The van der Waals surface area contributed by atoms with Gasteiger partial charge < -0.3 is 19.1 Å². The van der Waals surface area contributed by atoms with Crippen molar-refractivity contribution in [3.8, 4) is 11.5 Å².